The van der Waals surface area contributed by atoms with Crippen molar-refractivity contribution in [2.24, 2.45) is 5.73 Å². The van der Waals surface area contributed by atoms with Gasteiger partial charge in [-0.15, -0.1) is 0 Å². The fourth-order valence-electron chi connectivity index (χ4n) is 3.06. The Balaban J connectivity index is 2.23. The number of hydrogen-bond acceptors (Lipinski definition) is 2. The Labute approximate surface area is 119 Å². The molecule has 2 rings (SSSR count). The fraction of sp³-hybridized carbons (Fsp3) is 0.600. The minimum Gasteiger partial charge on any atom is -0.329 e. The van der Waals surface area contributed by atoms with Crippen molar-refractivity contribution in [1.29, 1.82) is 0 Å². The summed E-state index contributed by atoms with van der Waals surface area (Å²) in [5.74, 6) is -0.259. The van der Waals surface area contributed by atoms with E-state index >= 15 is 0 Å². The molecule has 0 spiro atoms. The summed E-state index contributed by atoms with van der Waals surface area (Å²) >= 11 is 6.16. The van der Waals surface area contributed by atoms with Gasteiger partial charge in [0.1, 0.15) is 5.82 Å². The number of nitrogens with zero attached hydrogens (tertiary/aromatic N) is 1. The van der Waals surface area contributed by atoms with Crippen LogP contribution in [0.1, 0.15) is 43.7 Å². The van der Waals surface area contributed by atoms with E-state index in [1.165, 1.54) is 38.2 Å². The second-order valence-electron chi connectivity index (χ2n) is 5.34. The SMILES string of the molecule is CN(C1CCCCC1)C(CN)c1c(F)cccc1Cl. The fourth-order valence-corrected chi connectivity index (χ4v) is 3.35. The van der Waals surface area contributed by atoms with E-state index in [1.807, 2.05) is 7.05 Å². The third-order valence-electron chi connectivity index (χ3n) is 4.20. The number of hydrogen-bond donors (Lipinski definition) is 1. The summed E-state index contributed by atoms with van der Waals surface area (Å²) in [5, 5.41) is 0.470. The van der Waals surface area contributed by atoms with Crippen molar-refractivity contribution in [3.05, 3.63) is 34.6 Å². The standard InChI is InChI=1S/C15H22ClFN2/c1-19(11-6-3-2-4-7-11)14(10-18)15-12(16)8-5-9-13(15)17/h5,8-9,11,14H,2-4,6-7,10,18H2,1H3. The molecular weight excluding hydrogens is 263 g/mol. The highest BCUT2D eigenvalue weighted by Crippen LogP contribution is 2.33. The molecule has 2 nitrogen and oxygen atoms in total. The Morgan fingerprint density at radius 3 is 2.63 bits per heavy atom. The highest BCUT2D eigenvalue weighted by molar-refractivity contribution is 6.31. The maximum absolute atomic E-state index is 14.0. The van der Waals surface area contributed by atoms with Crippen molar-refractivity contribution in [2.75, 3.05) is 13.6 Å². The van der Waals surface area contributed by atoms with E-state index in [0.717, 1.165) is 0 Å². The van der Waals surface area contributed by atoms with Gasteiger partial charge in [0.2, 0.25) is 0 Å². The quantitative estimate of drug-likeness (QED) is 0.912. The number of nitrogens with two attached hydrogens (primary N) is 1. The minimum absolute atomic E-state index is 0.142. The van der Waals surface area contributed by atoms with Crippen molar-refractivity contribution in [2.45, 2.75) is 44.2 Å². The van der Waals surface area contributed by atoms with E-state index in [9.17, 15) is 4.39 Å². The summed E-state index contributed by atoms with van der Waals surface area (Å²) in [7, 11) is 2.04. The normalized spacial score (nSPS) is 18.8. The predicted molar refractivity (Wildman–Crippen MR) is 77.8 cm³/mol. The first-order valence-electron chi connectivity index (χ1n) is 7.01. The van der Waals surface area contributed by atoms with Crippen LogP contribution in [0, 0.1) is 5.82 Å². The highest BCUT2D eigenvalue weighted by atomic mass is 35.5. The van der Waals surface area contributed by atoms with Crippen molar-refractivity contribution < 1.29 is 4.39 Å². The third-order valence-corrected chi connectivity index (χ3v) is 4.53. The van der Waals surface area contributed by atoms with Crippen molar-refractivity contribution in [1.82, 2.24) is 4.90 Å². The van der Waals surface area contributed by atoms with Gasteiger partial charge in [-0.2, -0.15) is 0 Å². The van der Waals surface area contributed by atoms with Gasteiger partial charge >= 0.3 is 0 Å². The van der Waals surface area contributed by atoms with Crippen molar-refractivity contribution in [3.63, 3.8) is 0 Å². The van der Waals surface area contributed by atoms with Crippen LogP contribution in [0.5, 0.6) is 0 Å². The van der Waals surface area contributed by atoms with E-state index in [2.05, 4.69) is 4.90 Å². The highest BCUT2D eigenvalue weighted by Gasteiger charge is 2.27. The Kier molecular flexibility index (Phi) is 5.20. The zero-order chi connectivity index (χ0) is 13.8. The molecule has 1 aromatic rings. The van der Waals surface area contributed by atoms with Crippen LogP contribution in [0.4, 0.5) is 4.39 Å². The molecule has 0 saturated heterocycles. The van der Waals surface area contributed by atoms with Gasteiger partial charge in [0.05, 0.1) is 6.04 Å². The summed E-state index contributed by atoms with van der Waals surface area (Å²) in [6.07, 6.45) is 6.13. The molecule has 0 bridgehead atoms. The van der Waals surface area contributed by atoms with Crippen LogP contribution in [0.15, 0.2) is 18.2 Å². The number of rotatable bonds is 4. The van der Waals surface area contributed by atoms with Gasteiger partial charge in [-0.05, 0) is 32.0 Å². The first-order valence-corrected chi connectivity index (χ1v) is 7.39. The third kappa shape index (κ3) is 3.28. The molecule has 0 aliphatic heterocycles. The van der Waals surface area contributed by atoms with Crippen LogP contribution in [-0.2, 0) is 0 Å². The second-order valence-corrected chi connectivity index (χ2v) is 5.75. The van der Waals surface area contributed by atoms with Gasteiger partial charge in [0, 0.05) is 23.2 Å². The molecule has 1 aliphatic rings. The largest absolute Gasteiger partial charge is 0.329 e. The maximum atomic E-state index is 14.0. The molecule has 4 heteroatoms. The molecule has 2 N–H and O–H groups in total. The van der Waals surface area contributed by atoms with Crippen LogP contribution in [-0.4, -0.2) is 24.5 Å². The summed E-state index contributed by atoms with van der Waals surface area (Å²) < 4.78 is 14.0. The van der Waals surface area contributed by atoms with Crippen LogP contribution in [0.3, 0.4) is 0 Å². The van der Waals surface area contributed by atoms with Crippen LogP contribution in [0.25, 0.3) is 0 Å². The lowest BCUT2D eigenvalue weighted by Crippen LogP contribution is -2.40. The number of benzene rings is 1. The first kappa shape index (κ1) is 14.8. The van der Waals surface area contributed by atoms with Crippen molar-refractivity contribution >= 4 is 11.6 Å². The first-order chi connectivity index (χ1) is 9.15. The van der Waals surface area contributed by atoms with Gasteiger partial charge in [-0.3, -0.25) is 4.90 Å². The van der Waals surface area contributed by atoms with Gasteiger partial charge in [0.25, 0.3) is 0 Å². The van der Waals surface area contributed by atoms with Gasteiger partial charge in [-0.25, -0.2) is 4.39 Å². The summed E-state index contributed by atoms with van der Waals surface area (Å²) in [4.78, 5) is 2.21. The molecule has 0 aromatic heterocycles. The summed E-state index contributed by atoms with van der Waals surface area (Å²) in [6, 6.07) is 5.17. The zero-order valence-electron chi connectivity index (χ0n) is 11.4. The zero-order valence-corrected chi connectivity index (χ0v) is 12.2. The molecule has 0 amide bonds. The average Bonchev–Trinajstić information content (AvgIpc) is 2.43. The Hall–Kier alpha value is -0.640. The van der Waals surface area contributed by atoms with Gasteiger partial charge in [0.15, 0.2) is 0 Å². The minimum atomic E-state index is -0.259. The van der Waals surface area contributed by atoms with E-state index in [0.29, 0.717) is 23.2 Å². The molecule has 1 fully saturated rings. The molecule has 1 aliphatic carbocycles. The molecule has 1 aromatic carbocycles. The smallest absolute Gasteiger partial charge is 0.129 e. The average molecular weight is 285 g/mol. The van der Waals surface area contributed by atoms with Gasteiger partial charge in [-0.1, -0.05) is 36.9 Å². The molecule has 1 saturated carbocycles. The molecule has 1 unspecified atom stereocenters. The molecule has 19 heavy (non-hydrogen) atoms. The van der Waals surface area contributed by atoms with Gasteiger partial charge < -0.3 is 5.73 Å². The topological polar surface area (TPSA) is 29.3 Å². The molecule has 0 radical (unpaired) electrons. The lowest BCUT2D eigenvalue weighted by atomic mass is 9.92. The van der Waals surface area contributed by atoms with Crippen LogP contribution >= 0.6 is 11.6 Å². The van der Waals surface area contributed by atoms with E-state index in [1.54, 1.807) is 12.1 Å². The predicted octanol–water partition coefficient (Wildman–Crippen LogP) is 3.74. The lowest BCUT2D eigenvalue weighted by molar-refractivity contribution is 0.138. The van der Waals surface area contributed by atoms with E-state index < -0.39 is 0 Å². The monoisotopic (exact) mass is 284 g/mol. The van der Waals surface area contributed by atoms with E-state index in [-0.39, 0.29) is 11.9 Å². The summed E-state index contributed by atoms with van der Waals surface area (Å²) in [6.45, 7) is 0.383. The Morgan fingerprint density at radius 1 is 1.37 bits per heavy atom. The molecular formula is C15H22ClFN2. The van der Waals surface area contributed by atoms with Crippen molar-refractivity contribution in [3.8, 4) is 0 Å². The maximum Gasteiger partial charge on any atom is 0.129 e. The molecule has 106 valence electrons. The molecule has 0 heterocycles. The van der Waals surface area contributed by atoms with Crippen LogP contribution < -0.4 is 5.73 Å². The van der Waals surface area contributed by atoms with Crippen LogP contribution in [0.2, 0.25) is 5.02 Å². The lowest BCUT2D eigenvalue weighted by Gasteiger charge is -2.37. The van der Waals surface area contributed by atoms with E-state index in [4.69, 9.17) is 17.3 Å². The Morgan fingerprint density at radius 2 is 2.05 bits per heavy atom. The number of likely N-dealkylation sites (N-methyl/N-ethyl adjacent to an activating group) is 1. The Bertz CT molecular complexity index is 398. The molecule has 1 atom stereocenters. The second kappa shape index (κ2) is 6.69. The number of halogens is 2. The summed E-state index contributed by atoms with van der Waals surface area (Å²) in [5.41, 5.74) is 6.42.